The third-order valence-electron chi connectivity index (χ3n) is 4.66. The van der Waals surface area contributed by atoms with Crippen molar-refractivity contribution in [2.75, 3.05) is 38.1 Å². The molecular formula is C17H25N3O. The number of hydrogen-bond acceptors (Lipinski definition) is 3. The van der Waals surface area contributed by atoms with Crippen LogP contribution in [0.25, 0.3) is 0 Å². The molecular weight excluding hydrogens is 262 g/mol. The zero-order chi connectivity index (χ0) is 14.7. The lowest BCUT2D eigenvalue weighted by Crippen LogP contribution is -2.35. The second kappa shape index (κ2) is 6.58. The van der Waals surface area contributed by atoms with Crippen LogP contribution < -0.4 is 10.2 Å². The number of anilines is 1. The van der Waals surface area contributed by atoms with Crippen LogP contribution in [0.3, 0.4) is 0 Å². The maximum Gasteiger partial charge on any atom is 0.227 e. The van der Waals surface area contributed by atoms with Crippen LogP contribution in [0.4, 0.5) is 5.69 Å². The van der Waals surface area contributed by atoms with Gasteiger partial charge in [-0.25, -0.2) is 0 Å². The monoisotopic (exact) mass is 287 g/mol. The van der Waals surface area contributed by atoms with Gasteiger partial charge in [0.15, 0.2) is 0 Å². The fourth-order valence-electron chi connectivity index (χ4n) is 3.35. The molecule has 1 amide bonds. The number of para-hydroxylation sites is 1. The Bertz CT molecular complexity index is 497. The normalized spacial score (nSPS) is 22.9. The largest absolute Gasteiger partial charge is 0.316 e. The number of likely N-dealkylation sites (N-methyl/N-ethyl adjacent to an activating group) is 1. The molecule has 21 heavy (non-hydrogen) atoms. The van der Waals surface area contributed by atoms with Gasteiger partial charge in [0.1, 0.15) is 0 Å². The molecule has 1 unspecified atom stereocenters. The standard InChI is InChI=1S/C17H25N3O/c1-19-10-11-20(16-5-3-2-4-15(16)13-19)17(21)7-6-14-8-9-18-12-14/h2-5,14,18H,6-13H2,1H3. The predicted octanol–water partition coefficient (Wildman–Crippen LogP) is 1.85. The van der Waals surface area contributed by atoms with Gasteiger partial charge in [0.2, 0.25) is 5.91 Å². The molecule has 3 rings (SSSR count). The first-order valence-electron chi connectivity index (χ1n) is 8.01. The van der Waals surface area contributed by atoms with E-state index in [0.29, 0.717) is 12.3 Å². The van der Waals surface area contributed by atoms with Crippen LogP contribution in [0.2, 0.25) is 0 Å². The average molecular weight is 287 g/mol. The number of nitrogens with one attached hydrogen (secondary N) is 1. The first kappa shape index (κ1) is 14.5. The number of carbonyl (C=O) groups is 1. The number of amides is 1. The summed E-state index contributed by atoms with van der Waals surface area (Å²) in [5.74, 6) is 0.962. The zero-order valence-electron chi connectivity index (χ0n) is 12.8. The lowest BCUT2D eigenvalue weighted by Gasteiger charge is -2.23. The van der Waals surface area contributed by atoms with Crippen LogP contribution in [0.15, 0.2) is 24.3 Å². The van der Waals surface area contributed by atoms with Gasteiger partial charge in [-0.05, 0) is 50.5 Å². The van der Waals surface area contributed by atoms with Gasteiger partial charge in [-0.1, -0.05) is 18.2 Å². The number of rotatable bonds is 3. The molecule has 1 N–H and O–H groups in total. The molecule has 2 aliphatic heterocycles. The van der Waals surface area contributed by atoms with Crippen molar-refractivity contribution in [1.82, 2.24) is 10.2 Å². The first-order chi connectivity index (χ1) is 10.2. The topological polar surface area (TPSA) is 35.6 Å². The Hall–Kier alpha value is -1.39. The van der Waals surface area contributed by atoms with Crippen molar-refractivity contribution < 1.29 is 4.79 Å². The summed E-state index contributed by atoms with van der Waals surface area (Å²) >= 11 is 0. The van der Waals surface area contributed by atoms with Crippen molar-refractivity contribution in [2.45, 2.75) is 25.8 Å². The minimum Gasteiger partial charge on any atom is -0.316 e. The van der Waals surface area contributed by atoms with Crippen LogP contribution in [-0.2, 0) is 11.3 Å². The highest BCUT2D eigenvalue weighted by Crippen LogP contribution is 2.26. The maximum atomic E-state index is 12.7. The van der Waals surface area contributed by atoms with Crippen LogP contribution in [0, 0.1) is 5.92 Å². The molecule has 1 atom stereocenters. The van der Waals surface area contributed by atoms with Crippen molar-refractivity contribution in [3.8, 4) is 0 Å². The second-order valence-electron chi connectivity index (χ2n) is 6.31. The van der Waals surface area contributed by atoms with Crippen LogP contribution in [0.5, 0.6) is 0 Å². The highest BCUT2D eigenvalue weighted by atomic mass is 16.2. The van der Waals surface area contributed by atoms with Gasteiger partial charge in [0.25, 0.3) is 0 Å². The van der Waals surface area contributed by atoms with E-state index in [1.165, 1.54) is 12.0 Å². The van der Waals surface area contributed by atoms with Crippen LogP contribution >= 0.6 is 0 Å². The summed E-state index contributed by atoms with van der Waals surface area (Å²) in [5, 5.41) is 3.38. The summed E-state index contributed by atoms with van der Waals surface area (Å²) in [4.78, 5) is 16.9. The summed E-state index contributed by atoms with van der Waals surface area (Å²) in [7, 11) is 2.12. The molecule has 2 aliphatic rings. The van der Waals surface area contributed by atoms with E-state index in [4.69, 9.17) is 0 Å². The number of benzene rings is 1. The van der Waals surface area contributed by atoms with Crippen molar-refractivity contribution in [2.24, 2.45) is 5.92 Å². The minimum absolute atomic E-state index is 0.282. The van der Waals surface area contributed by atoms with Crippen LogP contribution in [0.1, 0.15) is 24.8 Å². The molecule has 1 saturated heterocycles. The Balaban J connectivity index is 1.69. The molecule has 1 fully saturated rings. The minimum atomic E-state index is 0.282. The summed E-state index contributed by atoms with van der Waals surface area (Å²) in [6.07, 6.45) is 2.90. The molecule has 0 saturated carbocycles. The van der Waals surface area contributed by atoms with E-state index in [9.17, 15) is 4.79 Å². The van der Waals surface area contributed by atoms with E-state index in [-0.39, 0.29) is 5.91 Å². The predicted molar refractivity (Wildman–Crippen MR) is 85.3 cm³/mol. The summed E-state index contributed by atoms with van der Waals surface area (Å²) < 4.78 is 0. The van der Waals surface area contributed by atoms with E-state index in [2.05, 4.69) is 35.5 Å². The van der Waals surface area contributed by atoms with E-state index >= 15 is 0 Å². The number of hydrogen-bond donors (Lipinski definition) is 1. The van der Waals surface area contributed by atoms with Crippen LogP contribution in [-0.4, -0.2) is 44.0 Å². The quantitative estimate of drug-likeness (QED) is 0.921. The van der Waals surface area contributed by atoms with E-state index < -0.39 is 0 Å². The van der Waals surface area contributed by atoms with Gasteiger partial charge in [-0.15, -0.1) is 0 Å². The Morgan fingerprint density at radius 3 is 3.00 bits per heavy atom. The molecule has 1 aromatic carbocycles. The highest BCUT2D eigenvalue weighted by molar-refractivity contribution is 5.94. The molecule has 2 heterocycles. The molecule has 0 radical (unpaired) electrons. The van der Waals surface area contributed by atoms with Crippen molar-refractivity contribution in [3.05, 3.63) is 29.8 Å². The molecule has 4 heteroatoms. The lowest BCUT2D eigenvalue weighted by atomic mass is 10.0. The number of carbonyl (C=O) groups excluding carboxylic acids is 1. The van der Waals surface area contributed by atoms with Gasteiger partial charge >= 0.3 is 0 Å². The average Bonchev–Trinajstić information content (AvgIpc) is 2.94. The maximum absolute atomic E-state index is 12.7. The molecule has 114 valence electrons. The zero-order valence-corrected chi connectivity index (χ0v) is 12.8. The summed E-state index contributed by atoms with van der Waals surface area (Å²) in [6, 6.07) is 8.32. The molecule has 0 bridgehead atoms. The van der Waals surface area contributed by atoms with Crippen molar-refractivity contribution in [1.29, 1.82) is 0 Å². The van der Waals surface area contributed by atoms with E-state index in [1.54, 1.807) is 0 Å². The molecule has 0 aliphatic carbocycles. The molecule has 0 aromatic heterocycles. The van der Waals surface area contributed by atoms with Gasteiger partial charge in [0, 0.05) is 31.7 Å². The third-order valence-corrected chi connectivity index (χ3v) is 4.66. The number of fused-ring (bicyclic) bond motifs is 1. The SMILES string of the molecule is CN1CCN(C(=O)CCC2CCNC2)c2ccccc2C1. The fraction of sp³-hybridized carbons (Fsp3) is 0.588. The van der Waals surface area contributed by atoms with Crippen molar-refractivity contribution >= 4 is 11.6 Å². The number of nitrogens with zero attached hydrogens (tertiary/aromatic N) is 2. The van der Waals surface area contributed by atoms with Gasteiger partial charge in [-0.3, -0.25) is 4.79 Å². The Kier molecular flexibility index (Phi) is 4.56. The Labute approximate surface area is 127 Å². The second-order valence-corrected chi connectivity index (χ2v) is 6.31. The molecule has 4 nitrogen and oxygen atoms in total. The van der Waals surface area contributed by atoms with Gasteiger partial charge < -0.3 is 15.1 Å². The fourth-order valence-corrected chi connectivity index (χ4v) is 3.35. The van der Waals surface area contributed by atoms with Crippen molar-refractivity contribution in [3.63, 3.8) is 0 Å². The molecule has 1 aromatic rings. The molecule has 0 spiro atoms. The van der Waals surface area contributed by atoms with E-state index in [0.717, 1.165) is 44.8 Å². The Morgan fingerprint density at radius 2 is 2.19 bits per heavy atom. The van der Waals surface area contributed by atoms with E-state index in [1.807, 2.05) is 11.0 Å². The Morgan fingerprint density at radius 1 is 1.33 bits per heavy atom. The smallest absolute Gasteiger partial charge is 0.227 e. The summed E-state index contributed by atoms with van der Waals surface area (Å²) in [6.45, 7) is 4.84. The summed E-state index contributed by atoms with van der Waals surface area (Å²) in [5.41, 5.74) is 2.37. The van der Waals surface area contributed by atoms with Gasteiger partial charge in [-0.2, -0.15) is 0 Å². The third kappa shape index (κ3) is 3.44. The highest BCUT2D eigenvalue weighted by Gasteiger charge is 2.23. The van der Waals surface area contributed by atoms with Gasteiger partial charge in [0.05, 0.1) is 0 Å². The lowest BCUT2D eigenvalue weighted by molar-refractivity contribution is -0.118. The first-order valence-corrected chi connectivity index (χ1v) is 8.01.